The van der Waals surface area contributed by atoms with Crippen LogP contribution in [-0.2, 0) is 16.2 Å². The number of benzene rings is 12. The zero-order valence-electron chi connectivity index (χ0n) is 51.1. The van der Waals surface area contributed by atoms with Crippen molar-refractivity contribution in [1.82, 2.24) is 23.7 Å². The maximum Gasteiger partial charge on any atom is 0.160 e. The number of aromatic nitrogens is 5. The summed E-state index contributed by atoms with van der Waals surface area (Å²) in [5.74, 6) is 0.663. The first-order chi connectivity index (χ1) is 43.9. The van der Waals surface area contributed by atoms with Crippen molar-refractivity contribution >= 4 is 65.4 Å². The van der Waals surface area contributed by atoms with E-state index in [-0.39, 0.29) is 16.2 Å². The quantitative estimate of drug-likeness (QED) is 0.166. The molecule has 0 amide bonds. The van der Waals surface area contributed by atoms with E-state index >= 15 is 0 Å². The fraction of sp³-hybridized carbons (Fsp3) is 0.106. The van der Waals surface area contributed by atoms with E-state index in [2.05, 4.69) is 316 Å². The highest BCUT2D eigenvalue weighted by Gasteiger charge is 2.40. The Balaban J connectivity index is 0.771. The van der Waals surface area contributed by atoms with Crippen LogP contribution in [0.5, 0.6) is 0 Å². The lowest BCUT2D eigenvalue weighted by atomic mass is 9.82. The molecule has 0 N–H and O–H groups in total. The van der Waals surface area contributed by atoms with E-state index in [1.807, 2.05) is 0 Å². The molecule has 3 aliphatic carbocycles. The van der Waals surface area contributed by atoms with Crippen molar-refractivity contribution in [1.29, 1.82) is 0 Å². The van der Waals surface area contributed by atoms with Crippen LogP contribution in [0.15, 0.2) is 261 Å². The van der Waals surface area contributed by atoms with Crippen molar-refractivity contribution < 1.29 is 0 Å². The lowest BCUT2D eigenvalue weighted by Crippen LogP contribution is -2.14. The van der Waals surface area contributed by atoms with Crippen LogP contribution in [0.2, 0.25) is 0 Å². The SMILES string of the molecule is CC1(C)c2ccccc2-c2c1ccc1c2c2ccccc2n1-c1ccc(-c2cc(-c3cccc(-n4c5ccccc5c5c6c(ccc54)C(C)(C)c4ccccc4-6)c3)nc(-c3ccc(-n4c5ccccc5c5c6c(ccc54)C(C)(C)c4ccccc4-6)cc3)n2)cc1. The Morgan fingerprint density at radius 2 is 0.611 bits per heavy atom. The fourth-order valence-electron chi connectivity index (χ4n) is 16.8. The van der Waals surface area contributed by atoms with E-state index in [1.165, 1.54) is 132 Å². The Labute approximate surface area is 522 Å². The summed E-state index contributed by atoms with van der Waals surface area (Å²) in [6.07, 6.45) is 0. The molecule has 0 atom stereocenters. The fourth-order valence-corrected chi connectivity index (χ4v) is 16.8. The van der Waals surface area contributed by atoms with Crippen molar-refractivity contribution in [3.63, 3.8) is 0 Å². The zero-order valence-corrected chi connectivity index (χ0v) is 51.1. The van der Waals surface area contributed by atoms with Crippen LogP contribution in [0.4, 0.5) is 0 Å². The molecule has 16 aromatic rings. The van der Waals surface area contributed by atoms with Crippen LogP contribution in [0.3, 0.4) is 0 Å². The topological polar surface area (TPSA) is 40.6 Å². The Hall–Kier alpha value is -10.9. The van der Waals surface area contributed by atoms with Crippen LogP contribution in [0.1, 0.15) is 74.9 Å². The second-order valence-electron chi connectivity index (χ2n) is 26.8. The van der Waals surface area contributed by atoms with Gasteiger partial charge in [-0.15, -0.1) is 0 Å². The zero-order chi connectivity index (χ0) is 60.1. The summed E-state index contributed by atoms with van der Waals surface area (Å²) in [5.41, 5.74) is 31.0. The first-order valence-electron chi connectivity index (χ1n) is 31.6. The predicted molar refractivity (Wildman–Crippen MR) is 374 cm³/mol. The first kappa shape index (κ1) is 51.2. The molecular weight excluding hydrogens is 1090 g/mol. The third-order valence-electron chi connectivity index (χ3n) is 21.1. The lowest BCUT2D eigenvalue weighted by molar-refractivity contribution is 0.660. The van der Waals surface area contributed by atoms with Gasteiger partial charge in [-0.3, -0.25) is 0 Å². The minimum atomic E-state index is -0.112. The summed E-state index contributed by atoms with van der Waals surface area (Å²) in [5, 5.41) is 7.66. The van der Waals surface area contributed by atoms with E-state index in [9.17, 15) is 0 Å². The summed E-state index contributed by atoms with van der Waals surface area (Å²) in [4.78, 5) is 11.1. The summed E-state index contributed by atoms with van der Waals surface area (Å²) in [6, 6.07) is 96.8. The molecule has 0 spiro atoms. The van der Waals surface area contributed by atoms with Gasteiger partial charge >= 0.3 is 0 Å². The molecule has 5 nitrogen and oxygen atoms in total. The van der Waals surface area contributed by atoms with E-state index in [4.69, 9.17) is 9.97 Å². The Morgan fingerprint density at radius 3 is 1.03 bits per heavy atom. The molecule has 0 bridgehead atoms. The number of fused-ring (bicyclic) bond motifs is 21. The molecule has 19 rings (SSSR count). The monoisotopic (exact) mass is 1150 g/mol. The largest absolute Gasteiger partial charge is 0.309 e. The maximum atomic E-state index is 5.55. The summed E-state index contributed by atoms with van der Waals surface area (Å²) in [7, 11) is 0. The third-order valence-corrected chi connectivity index (χ3v) is 21.1. The second kappa shape index (κ2) is 18.1. The molecule has 4 aromatic heterocycles. The number of nitrogens with zero attached hydrogens (tertiary/aromatic N) is 5. The highest BCUT2D eigenvalue weighted by atomic mass is 15.0. The van der Waals surface area contributed by atoms with Gasteiger partial charge in [-0.1, -0.05) is 211 Å². The Kier molecular flexibility index (Phi) is 10.3. The van der Waals surface area contributed by atoms with Crippen LogP contribution >= 0.6 is 0 Å². The average molecular weight is 1150 g/mol. The Bertz CT molecular complexity index is 5560. The van der Waals surface area contributed by atoms with Gasteiger partial charge in [0.25, 0.3) is 0 Å². The van der Waals surface area contributed by atoms with Gasteiger partial charge in [0.2, 0.25) is 0 Å². The van der Waals surface area contributed by atoms with Gasteiger partial charge < -0.3 is 13.7 Å². The van der Waals surface area contributed by atoms with Gasteiger partial charge in [-0.25, -0.2) is 9.97 Å². The standard InChI is InChI=1S/C85H61N5/c1-83(2)62-28-13-7-22-56(62)76-65(83)42-45-73-79(76)59-25-10-16-31-70(59)88(73)53-38-34-50(35-39-53)68-49-69(52-20-19-21-55(48-52)90-72-33-18-12-27-61(72)81-75(90)47-44-67-78(81)58-24-9-15-30-64(58)85(67,5)6)87-82(86-68)51-36-40-54(41-37-51)89-71-32-17-11-26-60(71)80-74(89)46-43-66-77(80)57-23-8-14-29-63(57)84(66,3)4/h7-49H,1-6H3. The molecule has 5 heteroatoms. The minimum absolute atomic E-state index is 0.0992. The van der Waals surface area contributed by atoms with E-state index in [1.54, 1.807) is 0 Å². The summed E-state index contributed by atoms with van der Waals surface area (Å²) < 4.78 is 7.33. The van der Waals surface area contributed by atoms with Crippen molar-refractivity contribution in [3.05, 3.63) is 294 Å². The number of hydrogen-bond donors (Lipinski definition) is 0. The molecule has 0 saturated carbocycles. The van der Waals surface area contributed by atoms with E-state index in [0.717, 1.165) is 45.1 Å². The molecule has 0 fully saturated rings. The molecule has 0 aliphatic heterocycles. The molecule has 426 valence electrons. The average Bonchev–Trinajstić information content (AvgIpc) is 1.56. The van der Waals surface area contributed by atoms with Gasteiger partial charge in [0.05, 0.1) is 44.5 Å². The number of rotatable bonds is 6. The van der Waals surface area contributed by atoms with Crippen LogP contribution in [-0.4, -0.2) is 23.7 Å². The molecule has 4 heterocycles. The molecule has 90 heavy (non-hydrogen) atoms. The van der Waals surface area contributed by atoms with Crippen LogP contribution in [0.25, 0.3) is 150 Å². The normalized spacial score (nSPS) is 14.6. The molecule has 12 aromatic carbocycles. The third kappa shape index (κ3) is 6.81. The van der Waals surface area contributed by atoms with Crippen LogP contribution in [0, 0.1) is 0 Å². The number of para-hydroxylation sites is 3. The summed E-state index contributed by atoms with van der Waals surface area (Å²) >= 11 is 0. The maximum absolute atomic E-state index is 5.55. The molecule has 0 saturated heterocycles. The molecular formula is C85H61N5. The highest BCUT2D eigenvalue weighted by molar-refractivity contribution is 6.20. The summed E-state index contributed by atoms with van der Waals surface area (Å²) in [6.45, 7) is 14.2. The van der Waals surface area contributed by atoms with E-state index in [0.29, 0.717) is 5.82 Å². The first-order valence-corrected chi connectivity index (χ1v) is 31.6. The number of hydrogen-bond acceptors (Lipinski definition) is 2. The van der Waals surface area contributed by atoms with Gasteiger partial charge in [-0.2, -0.15) is 0 Å². The lowest BCUT2D eigenvalue weighted by Gasteiger charge is -2.21. The smallest absolute Gasteiger partial charge is 0.160 e. The van der Waals surface area contributed by atoms with Crippen molar-refractivity contribution in [2.24, 2.45) is 0 Å². The molecule has 0 radical (unpaired) electrons. The van der Waals surface area contributed by atoms with Crippen molar-refractivity contribution in [2.45, 2.75) is 57.8 Å². The van der Waals surface area contributed by atoms with Crippen LogP contribution < -0.4 is 0 Å². The minimum Gasteiger partial charge on any atom is -0.309 e. The van der Waals surface area contributed by atoms with Gasteiger partial charge in [-0.05, 0) is 158 Å². The predicted octanol–water partition coefficient (Wildman–Crippen LogP) is 21.7. The second-order valence-corrected chi connectivity index (χ2v) is 26.8. The highest BCUT2D eigenvalue weighted by Crippen LogP contribution is 2.57. The van der Waals surface area contributed by atoms with Gasteiger partial charge in [0, 0.05) is 82.3 Å². The van der Waals surface area contributed by atoms with Crippen molar-refractivity contribution in [2.75, 3.05) is 0 Å². The Morgan fingerprint density at radius 1 is 0.256 bits per heavy atom. The van der Waals surface area contributed by atoms with Gasteiger partial charge in [0.15, 0.2) is 5.82 Å². The molecule has 3 aliphatic rings. The molecule has 0 unspecified atom stereocenters. The van der Waals surface area contributed by atoms with Crippen molar-refractivity contribution in [3.8, 4) is 84.3 Å². The van der Waals surface area contributed by atoms with E-state index < -0.39 is 0 Å². The van der Waals surface area contributed by atoms with Gasteiger partial charge in [0.1, 0.15) is 0 Å².